The van der Waals surface area contributed by atoms with Gasteiger partial charge in [-0.15, -0.1) is 11.3 Å². The summed E-state index contributed by atoms with van der Waals surface area (Å²) in [5.41, 5.74) is 3.01. The summed E-state index contributed by atoms with van der Waals surface area (Å²) in [5.74, 6) is 4.88. The Labute approximate surface area is 80.3 Å². The molecule has 2 amide bonds. The number of nitrogens with one attached hydrogen (secondary N) is 2. The van der Waals surface area contributed by atoms with Crippen LogP contribution in [0.25, 0.3) is 0 Å². The summed E-state index contributed by atoms with van der Waals surface area (Å²) in [6.07, 6.45) is 0.742. The van der Waals surface area contributed by atoms with Gasteiger partial charge >= 0.3 is 6.03 Å². The van der Waals surface area contributed by atoms with Crippen molar-refractivity contribution in [2.75, 3.05) is 6.54 Å². The molecule has 13 heavy (non-hydrogen) atoms. The Bertz CT molecular complexity index is 286. The lowest BCUT2D eigenvalue weighted by Crippen LogP contribution is -2.40. The molecular weight excluding hydrogens is 188 g/mol. The van der Waals surface area contributed by atoms with Crippen LogP contribution in [-0.2, 0) is 6.42 Å². The minimum atomic E-state index is -0.367. The van der Waals surface area contributed by atoms with E-state index in [1.54, 1.807) is 11.3 Å². The van der Waals surface area contributed by atoms with Crippen molar-refractivity contribution in [1.82, 2.24) is 15.7 Å². The summed E-state index contributed by atoms with van der Waals surface area (Å²) in [6, 6.07) is -0.367. The molecule has 1 aromatic heterocycles. The zero-order valence-corrected chi connectivity index (χ0v) is 8.15. The molecule has 0 radical (unpaired) electrons. The Hall–Kier alpha value is -1.14. The molecule has 0 spiro atoms. The second-order valence-corrected chi connectivity index (χ2v) is 3.48. The third-order valence-corrected chi connectivity index (χ3v) is 2.45. The highest BCUT2D eigenvalue weighted by molar-refractivity contribution is 7.09. The lowest BCUT2D eigenvalue weighted by molar-refractivity contribution is 0.241. The number of rotatable bonds is 3. The molecule has 0 aliphatic rings. The molecule has 0 bridgehead atoms. The lowest BCUT2D eigenvalue weighted by atomic mass is 10.4. The highest BCUT2D eigenvalue weighted by atomic mass is 32.1. The van der Waals surface area contributed by atoms with Crippen molar-refractivity contribution in [1.29, 1.82) is 0 Å². The molecule has 0 unspecified atom stereocenters. The molecule has 0 aliphatic heterocycles. The van der Waals surface area contributed by atoms with Crippen molar-refractivity contribution in [3.05, 3.63) is 16.1 Å². The first-order valence-electron chi connectivity index (χ1n) is 3.88. The maximum absolute atomic E-state index is 10.6. The molecule has 0 aliphatic carbocycles. The van der Waals surface area contributed by atoms with Gasteiger partial charge in [0.1, 0.15) is 0 Å². The van der Waals surface area contributed by atoms with E-state index in [4.69, 9.17) is 5.84 Å². The van der Waals surface area contributed by atoms with Gasteiger partial charge in [-0.2, -0.15) is 0 Å². The van der Waals surface area contributed by atoms with Gasteiger partial charge in [-0.1, -0.05) is 0 Å². The number of hydrazine groups is 1. The summed E-state index contributed by atoms with van der Waals surface area (Å²) in [6.45, 7) is 2.50. The van der Waals surface area contributed by atoms with Gasteiger partial charge in [0, 0.05) is 24.0 Å². The number of aryl methyl sites for hydroxylation is 1. The largest absolute Gasteiger partial charge is 0.337 e. The number of urea groups is 1. The summed E-state index contributed by atoms with van der Waals surface area (Å²) in [7, 11) is 0. The van der Waals surface area contributed by atoms with Crippen LogP contribution < -0.4 is 16.6 Å². The third kappa shape index (κ3) is 3.39. The standard InChI is InChI=1S/C7H12N4OS/c1-5-4-13-6(10-5)2-3-9-7(12)11-8/h4H,2-3,8H2,1H3,(H2,9,11,12). The number of thiazole rings is 1. The van der Waals surface area contributed by atoms with Crippen LogP contribution in [0.15, 0.2) is 5.38 Å². The monoisotopic (exact) mass is 200 g/mol. The van der Waals surface area contributed by atoms with Gasteiger partial charge in [-0.3, -0.25) is 5.43 Å². The Morgan fingerprint density at radius 1 is 1.77 bits per heavy atom. The smallest absolute Gasteiger partial charge is 0.328 e. The van der Waals surface area contributed by atoms with Crippen LogP contribution in [0.4, 0.5) is 4.79 Å². The maximum Gasteiger partial charge on any atom is 0.328 e. The molecule has 0 atom stereocenters. The molecule has 0 fully saturated rings. The van der Waals surface area contributed by atoms with E-state index in [0.29, 0.717) is 6.54 Å². The van der Waals surface area contributed by atoms with E-state index in [1.807, 2.05) is 17.7 Å². The first-order valence-corrected chi connectivity index (χ1v) is 4.76. The van der Waals surface area contributed by atoms with Gasteiger partial charge in [0.25, 0.3) is 0 Å². The van der Waals surface area contributed by atoms with Crippen LogP contribution in [0, 0.1) is 6.92 Å². The summed E-state index contributed by atoms with van der Waals surface area (Å²) in [5, 5.41) is 5.59. The van der Waals surface area contributed by atoms with Crippen LogP contribution in [-0.4, -0.2) is 17.6 Å². The van der Waals surface area contributed by atoms with Crippen LogP contribution in [0.2, 0.25) is 0 Å². The van der Waals surface area contributed by atoms with E-state index in [0.717, 1.165) is 17.1 Å². The van der Waals surface area contributed by atoms with Crippen molar-refractivity contribution in [3.8, 4) is 0 Å². The molecular formula is C7H12N4OS. The quantitative estimate of drug-likeness (QED) is 0.369. The van der Waals surface area contributed by atoms with Crippen molar-refractivity contribution in [2.45, 2.75) is 13.3 Å². The molecule has 6 heteroatoms. The summed E-state index contributed by atoms with van der Waals surface area (Å²) in [4.78, 5) is 14.9. The molecule has 0 aromatic carbocycles. The van der Waals surface area contributed by atoms with E-state index in [1.165, 1.54) is 0 Å². The van der Waals surface area contributed by atoms with Crippen molar-refractivity contribution in [2.24, 2.45) is 5.84 Å². The second-order valence-electron chi connectivity index (χ2n) is 2.53. The number of carbonyl (C=O) groups excluding carboxylic acids is 1. The third-order valence-electron chi connectivity index (χ3n) is 1.42. The molecule has 0 saturated carbocycles. The van der Waals surface area contributed by atoms with Gasteiger partial charge in [0.2, 0.25) is 0 Å². The first-order chi connectivity index (χ1) is 6.22. The summed E-state index contributed by atoms with van der Waals surface area (Å²) >= 11 is 1.59. The van der Waals surface area contributed by atoms with Crippen LogP contribution >= 0.6 is 11.3 Å². The first kappa shape index (κ1) is 9.94. The molecule has 72 valence electrons. The minimum absolute atomic E-state index is 0.367. The van der Waals surface area contributed by atoms with Gasteiger partial charge in [-0.05, 0) is 6.92 Å². The second kappa shape index (κ2) is 4.78. The molecule has 1 rings (SSSR count). The Kier molecular flexibility index (Phi) is 3.66. The summed E-state index contributed by atoms with van der Waals surface area (Å²) < 4.78 is 0. The number of hydrogen-bond donors (Lipinski definition) is 3. The fourth-order valence-corrected chi connectivity index (χ4v) is 1.63. The van der Waals surface area contributed by atoms with Crippen LogP contribution in [0.3, 0.4) is 0 Å². The van der Waals surface area contributed by atoms with E-state index < -0.39 is 0 Å². The Balaban J connectivity index is 2.24. The SMILES string of the molecule is Cc1csc(CCNC(=O)NN)n1. The zero-order chi connectivity index (χ0) is 9.68. The van der Waals surface area contributed by atoms with Crippen molar-refractivity contribution < 1.29 is 4.79 Å². The predicted molar refractivity (Wildman–Crippen MR) is 51.3 cm³/mol. The number of hydrogen-bond acceptors (Lipinski definition) is 4. The zero-order valence-electron chi connectivity index (χ0n) is 7.33. The van der Waals surface area contributed by atoms with Gasteiger partial charge in [-0.25, -0.2) is 15.6 Å². The maximum atomic E-state index is 10.6. The number of amides is 2. The molecule has 5 nitrogen and oxygen atoms in total. The minimum Gasteiger partial charge on any atom is -0.337 e. The highest BCUT2D eigenvalue weighted by Gasteiger charge is 1.99. The highest BCUT2D eigenvalue weighted by Crippen LogP contribution is 2.08. The van der Waals surface area contributed by atoms with Crippen molar-refractivity contribution >= 4 is 17.4 Å². The van der Waals surface area contributed by atoms with E-state index in [9.17, 15) is 4.79 Å². The van der Waals surface area contributed by atoms with Crippen molar-refractivity contribution in [3.63, 3.8) is 0 Å². The van der Waals surface area contributed by atoms with E-state index in [-0.39, 0.29) is 6.03 Å². The van der Waals surface area contributed by atoms with Gasteiger partial charge < -0.3 is 5.32 Å². The van der Waals surface area contributed by atoms with Gasteiger partial charge in [0.15, 0.2) is 0 Å². The van der Waals surface area contributed by atoms with E-state index in [2.05, 4.69) is 10.3 Å². The predicted octanol–water partition coefficient (Wildman–Crippen LogP) is 0.167. The fourth-order valence-electron chi connectivity index (χ4n) is 0.852. The van der Waals surface area contributed by atoms with Gasteiger partial charge in [0.05, 0.1) is 5.01 Å². The number of carbonyl (C=O) groups is 1. The Morgan fingerprint density at radius 2 is 2.54 bits per heavy atom. The Morgan fingerprint density at radius 3 is 3.08 bits per heavy atom. The van der Waals surface area contributed by atoms with Crippen LogP contribution in [0.5, 0.6) is 0 Å². The number of nitrogens with zero attached hydrogens (tertiary/aromatic N) is 1. The molecule has 1 aromatic rings. The molecule has 1 heterocycles. The van der Waals surface area contributed by atoms with E-state index >= 15 is 0 Å². The number of nitrogens with two attached hydrogens (primary N) is 1. The average Bonchev–Trinajstić information content (AvgIpc) is 2.51. The topological polar surface area (TPSA) is 80.0 Å². The lowest BCUT2D eigenvalue weighted by Gasteiger charge is -2.00. The number of aromatic nitrogens is 1. The normalized spacial score (nSPS) is 9.69. The fraction of sp³-hybridized carbons (Fsp3) is 0.429. The molecule has 4 N–H and O–H groups in total. The molecule has 0 saturated heterocycles. The average molecular weight is 200 g/mol. The van der Waals surface area contributed by atoms with Crippen LogP contribution in [0.1, 0.15) is 10.7 Å².